The van der Waals surface area contributed by atoms with Gasteiger partial charge in [-0.1, -0.05) is 29.4 Å². The second kappa shape index (κ2) is 5.85. The predicted octanol–water partition coefficient (Wildman–Crippen LogP) is 3.69. The first-order chi connectivity index (χ1) is 12.3. The summed E-state index contributed by atoms with van der Waals surface area (Å²) in [4.78, 5) is 7.32. The van der Waals surface area contributed by atoms with Gasteiger partial charge in [0.15, 0.2) is 0 Å². The van der Waals surface area contributed by atoms with Crippen LogP contribution in [0, 0.1) is 5.92 Å². The fourth-order valence-corrected chi connectivity index (χ4v) is 4.46. The first-order valence-corrected chi connectivity index (χ1v) is 9.08. The molecule has 25 heavy (non-hydrogen) atoms. The molecule has 1 aromatic carbocycles. The number of nitrogens with zero attached hydrogens (tertiary/aromatic N) is 4. The van der Waals surface area contributed by atoms with E-state index < -0.39 is 0 Å². The van der Waals surface area contributed by atoms with Crippen LogP contribution in [0.1, 0.15) is 24.7 Å². The number of fused-ring (bicyclic) bond motifs is 4. The molecule has 3 aliphatic rings. The summed E-state index contributed by atoms with van der Waals surface area (Å²) >= 11 is 0. The number of allylic oxidation sites excluding steroid dienone is 1. The molecule has 1 unspecified atom stereocenters. The van der Waals surface area contributed by atoms with Gasteiger partial charge in [-0.3, -0.25) is 0 Å². The molecule has 0 N–H and O–H groups in total. The van der Waals surface area contributed by atoms with Crippen LogP contribution in [0.4, 0.5) is 0 Å². The molecule has 5 heteroatoms. The van der Waals surface area contributed by atoms with Gasteiger partial charge in [0.25, 0.3) is 0 Å². The quantitative estimate of drug-likeness (QED) is 0.683. The molecule has 2 bridgehead atoms. The molecule has 6 rings (SSSR count). The Morgan fingerprint density at radius 1 is 1.24 bits per heavy atom. The Bertz CT molecular complexity index is 917. The standard InChI is InChI=1S/C20H22N4O/c1-2-9-24-13-17(15-5-3-4-6-18(15)24)19-21-20(25-22-19)16-12-23-10-7-14(16)8-11-23/h2-6,13-14,16H,1,7-12H2. The highest BCUT2D eigenvalue weighted by molar-refractivity contribution is 5.94. The van der Waals surface area contributed by atoms with Crippen LogP contribution in [0.2, 0.25) is 0 Å². The van der Waals surface area contributed by atoms with Gasteiger partial charge < -0.3 is 14.0 Å². The number of aromatic nitrogens is 3. The molecule has 1 atom stereocenters. The molecule has 0 radical (unpaired) electrons. The lowest BCUT2D eigenvalue weighted by atomic mass is 9.79. The summed E-state index contributed by atoms with van der Waals surface area (Å²) in [5.74, 6) is 2.60. The van der Waals surface area contributed by atoms with Gasteiger partial charge in [-0.05, 0) is 37.9 Å². The van der Waals surface area contributed by atoms with E-state index in [4.69, 9.17) is 9.51 Å². The Kier molecular flexibility index (Phi) is 3.48. The minimum atomic E-state index is 0.394. The lowest BCUT2D eigenvalue weighted by Gasteiger charge is -2.43. The van der Waals surface area contributed by atoms with E-state index in [0.717, 1.165) is 29.9 Å². The average molecular weight is 334 g/mol. The summed E-state index contributed by atoms with van der Waals surface area (Å²) in [5, 5.41) is 5.48. The van der Waals surface area contributed by atoms with Crippen LogP contribution in [0.25, 0.3) is 22.3 Å². The smallest absolute Gasteiger partial charge is 0.231 e. The topological polar surface area (TPSA) is 47.1 Å². The molecule has 2 aromatic heterocycles. The molecular weight excluding hydrogens is 312 g/mol. The Hall–Kier alpha value is -2.40. The van der Waals surface area contributed by atoms with Gasteiger partial charge in [0.2, 0.25) is 11.7 Å². The number of hydrogen-bond acceptors (Lipinski definition) is 4. The Balaban J connectivity index is 1.53. The van der Waals surface area contributed by atoms with Gasteiger partial charge in [-0.25, -0.2) is 0 Å². The maximum absolute atomic E-state index is 5.71. The van der Waals surface area contributed by atoms with Crippen molar-refractivity contribution in [1.82, 2.24) is 19.6 Å². The zero-order chi connectivity index (χ0) is 16.8. The second-order valence-corrected chi connectivity index (χ2v) is 7.20. The van der Waals surface area contributed by atoms with E-state index >= 15 is 0 Å². The molecule has 3 aliphatic heterocycles. The first-order valence-electron chi connectivity index (χ1n) is 9.08. The molecule has 128 valence electrons. The van der Waals surface area contributed by atoms with Crippen LogP contribution in [0.3, 0.4) is 0 Å². The fourth-order valence-electron chi connectivity index (χ4n) is 4.46. The van der Waals surface area contributed by atoms with Crippen molar-refractivity contribution < 1.29 is 4.52 Å². The van der Waals surface area contributed by atoms with Crippen LogP contribution in [0.5, 0.6) is 0 Å². The van der Waals surface area contributed by atoms with E-state index in [9.17, 15) is 0 Å². The van der Waals surface area contributed by atoms with Crippen molar-refractivity contribution in [3.63, 3.8) is 0 Å². The summed E-state index contributed by atoms with van der Waals surface area (Å²) < 4.78 is 7.89. The molecule has 5 heterocycles. The first kappa shape index (κ1) is 14.9. The van der Waals surface area contributed by atoms with Crippen molar-refractivity contribution in [1.29, 1.82) is 0 Å². The zero-order valence-corrected chi connectivity index (χ0v) is 14.3. The van der Waals surface area contributed by atoms with Crippen molar-refractivity contribution in [3.05, 3.63) is 49.0 Å². The normalized spacial score (nSPS) is 25.5. The third-order valence-corrected chi connectivity index (χ3v) is 5.77. The number of rotatable bonds is 4. The zero-order valence-electron chi connectivity index (χ0n) is 14.3. The highest BCUT2D eigenvalue weighted by Gasteiger charge is 2.38. The third-order valence-electron chi connectivity index (χ3n) is 5.77. The molecule has 3 saturated heterocycles. The average Bonchev–Trinajstić information content (AvgIpc) is 3.28. The highest BCUT2D eigenvalue weighted by Crippen LogP contribution is 2.39. The molecule has 5 nitrogen and oxygen atoms in total. The van der Waals surface area contributed by atoms with Gasteiger partial charge in [0.05, 0.1) is 5.92 Å². The van der Waals surface area contributed by atoms with E-state index in [1.54, 1.807) is 0 Å². The molecular formula is C20H22N4O. The van der Waals surface area contributed by atoms with E-state index in [-0.39, 0.29) is 0 Å². The highest BCUT2D eigenvalue weighted by atomic mass is 16.5. The molecule has 3 aromatic rings. The van der Waals surface area contributed by atoms with E-state index in [2.05, 4.69) is 51.7 Å². The van der Waals surface area contributed by atoms with Crippen LogP contribution >= 0.6 is 0 Å². The maximum Gasteiger partial charge on any atom is 0.231 e. The summed E-state index contributed by atoms with van der Waals surface area (Å²) in [5.41, 5.74) is 2.21. The Morgan fingerprint density at radius 2 is 2.08 bits per heavy atom. The van der Waals surface area contributed by atoms with Gasteiger partial charge in [0.1, 0.15) is 0 Å². The van der Waals surface area contributed by atoms with E-state index in [1.807, 2.05) is 6.08 Å². The monoisotopic (exact) mass is 334 g/mol. The maximum atomic E-state index is 5.71. The number of benzene rings is 1. The van der Waals surface area contributed by atoms with Crippen molar-refractivity contribution in [2.24, 2.45) is 5.92 Å². The van der Waals surface area contributed by atoms with Crippen LogP contribution < -0.4 is 0 Å². The molecule has 0 spiro atoms. The van der Waals surface area contributed by atoms with Gasteiger partial charge in [-0.15, -0.1) is 6.58 Å². The minimum absolute atomic E-state index is 0.394. The number of para-hydroxylation sites is 1. The van der Waals surface area contributed by atoms with E-state index in [1.165, 1.54) is 31.4 Å². The van der Waals surface area contributed by atoms with Crippen molar-refractivity contribution in [3.8, 4) is 11.4 Å². The van der Waals surface area contributed by atoms with Gasteiger partial charge in [-0.2, -0.15) is 4.98 Å². The molecule has 3 fully saturated rings. The lowest BCUT2D eigenvalue weighted by Crippen LogP contribution is -2.46. The van der Waals surface area contributed by atoms with Crippen molar-refractivity contribution in [2.75, 3.05) is 19.6 Å². The predicted molar refractivity (Wildman–Crippen MR) is 97.3 cm³/mol. The molecule has 0 amide bonds. The van der Waals surface area contributed by atoms with Crippen LogP contribution in [0.15, 0.2) is 47.6 Å². The van der Waals surface area contributed by atoms with Crippen LogP contribution in [-0.4, -0.2) is 39.2 Å². The Labute approximate surface area is 146 Å². The summed E-state index contributed by atoms with van der Waals surface area (Å²) in [6.45, 7) is 8.12. The largest absolute Gasteiger partial charge is 0.343 e. The van der Waals surface area contributed by atoms with E-state index in [0.29, 0.717) is 17.7 Å². The van der Waals surface area contributed by atoms with Crippen molar-refractivity contribution in [2.45, 2.75) is 25.3 Å². The third kappa shape index (κ3) is 2.42. The summed E-state index contributed by atoms with van der Waals surface area (Å²) in [7, 11) is 0. The molecule has 0 aliphatic carbocycles. The van der Waals surface area contributed by atoms with Crippen LogP contribution in [-0.2, 0) is 6.54 Å². The lowest BCUT2D eigenvalue weighted by molar-refractivity contribution is 0.0727. The van der Waals surface area contributed by atoms with Gasteiger partial charge in [0, 0.05) is 35.8 Å². The SMILES string of the molecule is C=CCn1cc(-c2noc(C3CN4CCC3CC4)n2)c2ccccc21. The molecule has 0 saturated carbocycles. The minimum Gasteiger partial charge on any atom is -0.343 e. The summed E-state index contributed by atoms with van der Waals surface area (Å²) in [6, 6.07) is 8.35. The number of hydrogen-bond donors (Lipinski definition) is 0. The van der Waals surface area contributed by atoms with Gasteiger partial charge >= 0.3 is 0 Å². The summed E-state index contributed by atoms with van der Waals surface area (Å²) in [6.07, 6.45) is 6.52. The second-order valence-electron chi connectivity index (χ2n) is 7.20. The fraction of sp³-hybridized carbons (Fsp3) is 0.400. The Morgan fingerprint density at radius 3 is 2.84 bits per heavy atom. The van der Waals surface area contributed by atoms with Crippen molar-refractivity contribution >= 4 is 10.9 Å². The number of piperidine rings is 3.